The average Bonchev–Trinajstić information content (AvgIpc) is 3.63. The highest BCUT2D eigenvalue weighted by Gasteiger charge is 2.49. The fraction of sp³-hybridized carbons (Fsp3) is 0.107. The van der Waals surface area contributed by atoms with Crippen molar-refractivity contribution in [2.75, 3.05) is 4.90 Å². The fourth-order valence-corrected chi connectivity index (χ4v) is 6.76. The summed E-state index contributed by atoms with van der Waals surface area (Å²) in [5, 5.41) is 20.9. The van der Waals surface area contributed by atoms with Crippen molar-refractivity contribution < 1.29 is 14.7 Å². The summed E-state index contributed by atoms with van der Waals surface area (Å²) in [4.78, 5) is 32.9. The van der Waals surface area contributed by atoms with Gasteiger partial charge in [0.25, 0.3) is 5.78 Å². The number of hydrogen-bond acceptors (Lipinski definition) is 8. The molecular weight excluding hydrogens is 589 g/mol. The third-order valence-corrected chi connectivity index (χ3v) is 9.31. The number of aryl methyl sites for hydroxylation is 1. The molecule has 5 aromatic rings. The largest absolute Gasteiger partial charge is 0.505 e. The lowest BCUT2D eigenvalue weighted by atomic mass is 9.96. The van der Waals surface area contributed by atoms with E-state index in [2.05, 4.69) is 15.2 Å². The first-order chi connectivity index (χ1) is 19.3. The number of hydrogen-bond donors (Lipinski definition) is 1. The van der Waals surface area contributed by atoms with Crippen molar-refractivity contribution in [3.63, 3.8) is 0 Å². The lowest BCUT2D eigenvalue weighted by molar-refractivity contribution is -0.132. The van der Waals surface area contributed by atoms with Gasteiger partial charge in [-0.1, -0.05) is 88.8 Å². The van der Waals surface area contributed by atoms with E-state index in [0.29, 0.717) is 37.7 Å². The van der Waals surface area contributed by atoms with Crippen LogP contribution in [0.1, 0.15) is 28.6 Å². The number of nitrogens with zero attached hydrogens (tertiary/aromatic N) is 5. The number of benzene rings is 2. The summed E-state index contributed by atoms with van der Waals surface area (Å²) >= 11 is 15.2. The number of fused-ring (bicyclic) bond motifs is 1. The van der Waals surface area contributed by atoms with Gasteiger partial charge in [-0.15, -0.1) is 10.2 Å². The topological polar surface area (TPSA) is 101 Å². The Balaban J connectivity index is 1.47. The Bertz CT molecular complexity index is 1820. The molecule has 12 heteroatoms. The standard InChI is InChI=1S/C28H19Cl2N5O3S2/c1-15-22(34-12-6-5-9-20(34)31-15)24(36)21-23(17-10-11-18(29)19(30)13-17)35(26(38)25(21)37)27-32-33-28(40-27)39-14-16-7-3-2-4-8-16/h2-13,23,36H,14H2,1H3. The molecule has 200 valence electrons. The summed E-state index contributed by atoms with van der Waals surface area (Å²) in [6.45, 7) is 1.73. The second-order valence-electron chi connectivity index (χ2n) is 8.94. The van der Waals surface area contributed by atoms with E-state index in [9.17, 15) is 14.7 Å². The Hall–Kier alpha value is -3.70. The first kappa shape index (κ1) is 26.5. The smallest absolute Gasteiger partial charge is 0.301 e. The molecule has 1 atom stereocenters. The van der Waals surface area contributed by atoms with E-state index < -0.39 is 17.7 Å². The molecule has 3 aromatic heterocycles. The van der Waals surface area contributed by atoms with E-state index in [1.54, 1.807) is 47.9 Å². The molecule has 0 saturated carbocycles. The van der Waals surface area contributed by atoms with E-state index in [1.807, 2.05) is 36.4 Å². The van der Waals surface area contributed by atoms with Gasteiger partial charge in [0.2, 0.25) is 5.13 Å². The Kier molecular flexibility index (Phi) is 7.09. The van der Waals surface area contributed by atoms with Crippen molar-refractivity contribution in [2.24, 2.45) is 0 Å². The van der Waals surface area contributed by atoms with Crippen LogP contribution in [0.25, 0.3) is 11.4 Å². The number of carbonyl (C=O) groups is 2. The van der Waals surface area contributed by atoms with Crippen LogP contribution < -0.4 is 4.90 Å². The van der Waals surface area contributed by atoms with E-state index >= 15 is 0 Å². The third kappa shape index (κ3) is 4.66. The number of aliphatic hydroxyl groups is 1. The lowest BCUT2D eigenvalue weighted by Crippen LogP contribution is -2.29. The highest BCUT2D eigenvalue weighted by atomic mass is 35.5. The number of anilines is 1. The van der Waals surface area contributed by atoms with Crippen molar-refractivity contribution >= 4 is 74.5 Å². The molecule has 1 saturated heterocycles. The summed E-state index contributed by atoms with van der Waals surface area (Å²) in [6, 6.07) is 19.1. The maximum absolute atomic E-state index is 13.6. The van der Waals surface area contributed by atoms with Crippen LogP contribution in [-0.4, -0.2) is 36.4 Å². The summed E-state index contributed by atoms with van der Waals surface area (Å²) in [6.07, 6.45) is 1.73. The number of imidazole rings is 1. The molecular formula is C28H19Cl2N5O3S2. The maximum atomic E-state index is 13.6. The average molecular weight is 609 g/mol. The molecule has 8 nitrogen and oxygen atoms in total. The molecule has 0 radical (unpaired) electrons. The molecule has 40 heavy (non-hydrogen) atoms. The van der Waals surface area contributed by atoms with Crippen molar-refractivity contribution in [1.29, 1.82) is 0 Å². The third-order valence-electron chi connectivity index (χ3n) is 6.44. The first-order valence-electron chi connectivity index (χ1n) is 12.0. The highest BCUT2D eigenvalue weighted by Crippen LogP contribution is 2.45. The molecule has 0 bridgehead atoms. The van der Waals surface area contributed by atoms with Gasteiger partial charge < -0.3 is 5.11 Å². The monoisotopic (exact) mass is 607 g/mol. The van der Waals surface area contributed by atoms with Crippen LogP contribution in [0.3, 0.4) is 0 Å². The van der Waals surface area contributed by atoms with Gasteiger partial charge in [0, 0.05) is 11.9 Å². The SMILES string of the molecule is Cc1nc2ccccn2c1C(O)=C1C(=O)C(=O)N(c2nnc(SCc3ccccc3)s2)C1c1ccc(Cl)c(Cl)c1. The summed E-state index contributed by atoms with van der Waals surface area (Å²) in [7, 11) is 0. The van der Waals surface area contributed by atoms with E-state index in [0.717, 1.165) is 5.56 Å². The van der Waals surface area contributed by atoms with Gasteiger partial charge in [-0.2, -0.15) is 0 Å². The number of halogens is 2. The van der Waals surface area contributed by atoms with Crippen LogP contribution in [0, 0.1) is 6.92 Å². The van der Waals surface area contributed by atoms with E-state index in [4.69, 9.17) is 23.2 Å². The number of thioether (sulfide) groups is 1. The highest BCUT2D eigenvalue weighted by molar-refractivity contribution is 8.00. The number of aromatic nitrogens is 4. The molecule has 1 amide bonds. The van der Waals surface area contributed by atoms with E-state index in [1.165, 1.54) is 28.0 Å². The fourth-order valence-electron chi connectivity index (χ4n) is 4.63. The second-order valence-corrected chi connectivity index (χ2v) is 11.9. The first-order valence-corrected chi connectivity index (χ1v) is 14.6. The number of amides is 1. The van der Waals surface area contributed by atoms with Crippen LogP contribution in [0.2, 0.25) is 10.0 Å². The molecule has 1 N–H and O–H groups in total. The minimum atomic E-state index is -1.02. The van der Waals surface area contributed by atoms with Gasteiger partial charge in [-0.3, -0.25) is 18.9 Å². The van der Waals surface area contributed by atoms with Gasteiger partial charge in [0.1, 0.15) is 11.3 Å². The molecule has 1 unspecified atom stereocenters. The maximum Gasteiger partial charge on any atom is 0.301 e. The second kappa shape index (κ2) is 10.7. The molecule has 4 heterocycles. The summed E-state index contributed by atoms with van der Waals surface area (Å²) in [5.41, 5.74) is 2.89. The normalized spacial score (nSPS) is 16.8. The molecule has 1 aliphatic heterocycles. The van der Waals surface area contributed by atoms with Gasteiger partial charge in [-0.25, -0.2) is 4.98 Å². The Morgan fingerprint density at radius 2 is 1.80 bits per heavy atom. The number of aliphatic hydroxyl groups excluding tert-OH is 1. The summed E-state index contributed by atoms with van der Waals surface area (Å²) in [5.74, 6) is -1.37. The number of pyridine rings is 1. The van der Waals surface area contributed by atoms with Gasteiger partial charge in [0.15, 0.2) is 10.1 Å². The van der Waals surface area contributed by atoms with Crippen molar-refractivity contribution in [2.45, 2.75) is 23.1 Å². The summed E-state index contributed by atoms with van der Waals surface area (Å²) < 4.78 is 2.30. The molecule has 0 aliphatic carbocycles. The number of rotatable bonds is 6. The van der Waals surface area contributed by atoms with Gasteiger partial charge in [-0.05, 0) is 42.3 Å². The van der Waals surface area contributed by atoms with Gasteiger partial charge in [0.05, 0.1) is 27.4 Å². The van der Waals surface area contributed by atoms with Crippen molar-refractivity contribution in [3.05, 3.63) is 111 Å². The Morgan fingerprint density at radius 3 is 2.58 bits per heavy atom. The lowest BCUT2D eigenvalue weighted by Gasteiger charge is -2.22. The Labute approximate surface area is 246 Å². The molecule has 1 aliphatic rings. The number of ketones is 1. The van der Waals surface area contributed by atoms with Crippen LogP contribution in [0.4, 0.5) is 5.13 Å². The van der Waals surface area contributed by atoms with Crippen LogP contribution in [-0.2, 0) is 15.3 Å². The van der Waals surface area contributed by atoms with Crippen molar-refractivity contribution in [1.82, 2.24) is 19.6 Å². The molecule has 0 spiro atoms. The Morgan fingerprint density at radius 1 is 1.02 bits per heavy atom. The molecule has 6 rings (SSSR count). The van der Waals surface area contributed by atoms with E-state index in [-0.39, 0.29) is 21.5 Å². The molecule has 1 fully saturated rings. The zero-order valence-electron chi connectivity index (χ0n) is 20.8. The van der Waals surface area contributed by atoms with Crippen LogP contribution in [0.15, 0.2) is 82.8 Å². The molecule has 2 aromatic carbocycles. The minimum absolute atomic E-state index is 0.106. The number of carbonyl (C=O) groups excluding carboxylic acids is 2. The van der Waals surface area contributed by atoms with Crippen molar-refractivity contribution in [3.8, 4) is 0 Å². The zero-order chi connectivity index (χ0) is 28.0. The predicted molar refractivity (Wildman–Crippen MR) is 157 cm³/mol. The predicted octanol–water partition coefficient (Wildman–Crippen LogP) is 6.72. The van der Waals surface area contributed by atoms with Gasteiger partial charge >= 0.3 is 5.91 Å². The van der Waals surface area contributed by atoms with Crippen LogP contribution in [0.5, 0.6) is 0 Å². The number of Topliss-reactive ketones (excluding diaryl/α,β-unsaturated/α-hetero) is 1. The zero-order valence-corrected chi connectivity index (χ0v) is 23.9. The quantitative estimate of drug-likeness (QED) is 0.0751. The van der Waals surface area contributed by atoms with Crippen LogP contribution >= 0.6 is 46.3 Å². The minimum Gasteiger partial charge on any atom is -0.505 e.